The second-order valence-corrected chi connectivity index (χ2v) is 5.64. The maximum atomic E-state index is 11.0. The van der Waals surface area contributed by atoms with Crippen molar-refractivity contribution < 1.29 is 18.1 Å². The number of rotatable bonds is 8. The van der Waals surface area contributed by atoms with Crippen molar-refractivity contribution >= 4 is 10.1 Å². The van der Waals surface area contributed by atoms with Crippen LogP contribution < -0.4 is 0 Å². The van der Waals surface area contributed by atoms with Crippen LogP contribution in [-0.4, -0.2) is 29.4 Å². The third-order valence-corrected chi connectivity index (χ3v) is 3.79. The van der Waals surface area contributed by atoms with E-state index in [0.29, 0.717) is 32.1 Å². The van der Waals surface area contributed by atoms with Gasteiger partial charge >= 0.3 is 0 Å². The lowest BCUT2D eigenvalue weighted by Gasteiger charge is -2.15. The van der Waals surface area contributed by atoms with Gasteiger partial charge < -0.3 is 5.11 Å². The van der Waals surface area contributed by atoms with Crippen LogP contribution in [0.5, 0.6) is 0 Å². The highest BCUT2D eigenvalue weighted by Crippen LogP contribution is 2.16. The van der Waals surface area contributed by atoms with Gasteiger partial charge in [0, 0.05) is 0 Å². The lowest BCUT2D eigenvalue weighted by Crippen LogP contribution is -2.22. The second-order valence-electron chi connectivity index (χ2n) is 3.95. The maximum Gasteiger partial charge on any atom is 0.267 e. The van der Waals surface area contributed by atoms with E-state index in [1.165, 1.54) is 0 Å². The third-order valence-electron chi connectivity index (χ3n) is 2.48. The van der Waals surface area contributed by atoms with Gasteiger partial charge in [0.2, 0.25) is 0 Å². The van der Waals surface area contributed by atoms with Crippen molar-refractivity contribution in [2.24, 2.45) is 0 Å². The molecule has 15 heavy (non-hydrogen) atoms. The fourth-order valence-corrected chi connectivity index (χ4v) is 2.59. The summed E-state index contributed by atoms with van der Waals surface area (Å²) >= 11 is 0. The van der Waals surface area contributed by atoms with Crippen LogP contribution in [0.15, 0.2) is 0 Å². The van der Waals surface area contributed by atoms with E-state index in [-0.39, 0.29) is 0 Å². The van der Waals surface area contributed by atoms with Gasteiger partial charge in [-0.3, -0.25) is 4.55 Å². The first-order valence-electron chi connectivity index (χ1n) is 5.56. The molecule has 5 heteroatoms. The van der Waals surface area contributed by atoms with Gasteiger partial charge in [0.15, 0.2) is 0 Å². The SMILES string of the molecule is CCCC(O)CCC(CCC)S(=O)(=O)O. The Kier molecular flexibility index (Phi) is 7.13. The highest BCUT2D eigenvalue weighted by Gasteiger charge is 2.22. The van der Waals surface area contributed by atoms with Gasteiger partial charge in [-0.2, -0.15) is 8.42 Å². The van der Waals surface area contributed by atoms with Crippen LogP contribution in [0, 0.1) is 0 Å². The average molecular weight is 238 g/mol. The number of hydrogen-bond acceptors (Lipinski definition) is 3. The summed E-state index contributed by atoms with van der Waals surface area (Å²) in [7, 11) is -3.95. The molecule has 0 rings (SSSR count). The number of hydrogen-bond donors (Lipinski definition) is 2. The maximum absolute atomic E-state index is 11.0. The van der Waals surface area contributed by atoms with Crippen LogP contribution >= 0.6 is 0 Å². The van der Waals surface area contributed by atoms with Gasteiger partial charge in [-0.25, -0.2) is 0 Å². The lowest BCUT2D eigenvalue weighted by atomic mass is 10.1. The molecule has 0 heterocycles. The Morgan fingerprint density at radius 1 is 1.00 bits per heavy atom. The Morgan fingerprint density at radius 2 is 1.53 bits per heavy atom. The molecule has 0 bridgehead atoms. The van der Waals surface area contributed by atoms with Gasteiger partial charge in [0.25, 0.3) is 10.1 Å². The van der Waals surface area contributed by atoms with E-state index in [2.05, 4.69) is 0 Å². The fraction of sp³-hybridized carbons (Fsp3) is 1.00. The molecule has 0 radical (unpaired) electrons. The van der Waals surface area contributed by atoms with E-state index in [0.717, 1.165) is 6.42 Å². The molecule has 0 spiro atoms. The summed E-state index contributed by atoms with van der Waals surface area (Å²) in [5, 5.41) is 8.74. The van der Waals surface area contributed by atoms with E-state index in [9.17, 15) is 13.5 Å². The quantitative estimate of drug-likeness (QED) is 0.634. The standard InChI is InChI=1S/C10H22O4S/c1-3-5-9(11)7-8-10(6-4-2)15(12,13)14/h9-11H,3-8H2,1-2H3,(H,12,13,14). The Hall–Kier alpha value is -0.130. The average Bonchev–Trinajstić information content (AvgIpc) is 2.10. The molecule has 0 aromatic heterocycles. The number of aliphatic hydroxyl groups is 1. The van der Waals surface area contributed by atoms with Gasteiger partial charge in [-0.15, -0.1) is 0 Å². The Balaban J connectivity index is 4.08. The molecule has 0 aliphatic heterocycles. The Labute approximate surface area is 92.4 Å². The van der Waals surface area contributed by atoms with Crippen molar-refractivity contribution in [2.45, 2.75) is 63.7 Å². The van der Waals surface area contributed by atoms with Crippen LogP contribution in [-0.2, 0) is 10.1 Å². The molecular weight excluding hydrogens is 216 g/mol. The molecule has 0 saturated carbocycles. The summed E-state index contributed by atoms with van der Waals surface area (Å²) in [6.07, 6.45) is 3.07. The zero-order valence-electron chi connectivity index (χ0n) is 9.52. The van der Waals surface area contributed by atoms with E-state index in [1.807, 2.05) is 13.8 Å². The van der Waals surface area contributed by atoms with E-state index in [4.69, 9.17) is 4.55 Å². The van der Waals surface area contributed by atoms with Crippen molar-refractivity contribution in [3.05, 3.63) is 0 Å². The molecule has 2 atom stereocenters. The molecule has 0 aromatic carbocycles. The van der Waals surface area contributed by atoms with E-state index < -0.39 is 21.5 Å². The second kappa shape index (κ2) is 7.19. The molecule has 2 N–H and O–H groups in total. The third kappa shape index (κ3) is 6.87. The first-order valence-corrected chi connectivity index (χ1v) is 7.06. The molecule has 0 aliphatic rings. The fourth-order valence-electron chi connectivity index (χ4n) is 1.62. The first kappa shape index (κ1) is 14.9. The highest BCUT2D eigenvalue weighted by molar-refractivity contribution is 7.86. The van der Waals surface area contributed by atoms with E-state index in [1.54, 1.807) is 0 Å². The normalized spacial score (nSPS) is 16.3. The topological polar surface area (TPSA) is 74.6 Å². The minimum Gasteiger partial charge on any atom is -0.393 e. The predicted octanol–water partition coefficient (Wildman–Crippen LogP) is 1.98. The molecule has 0 saturated heterocycles. The monoisotopic (exact) mass is 238 g/mol. The Bertz CT molecular complexity index is 248. The summed E-state index contributed by atoms with van der Waals surface area (Å²) in [4.78, 5) is 0. The molecule has 92 valence electrons. The summed E-state index contributed by atoms with van der Waals surface area (Å²) in [6.45, 7) is 3.84. The summed E-state index contributed by atoms with van der Waals surface area (Å²) in [5.74, 6) is 0. The molecule has 0 aromatic rings. The molecule has 4 nitrogen and oxygen atoms in total. The van der Waals surface area contributed by atoms with Crippen LogP contribution in [0.2, 0.25) is 0 Å². The zero-order chi connectivity index (χ0) is 11.9. The minimum atomic E-state index is -3.95. The van der Waals surface area contributed by atoms with E-state index >= 15 is 0 Å². The van der Waals surface area contributed by atoms with Crippen LogP contribution in [0.1, 0.15) is 52.4 Å². The van der Waals surface area contributed by atoms with Gasteiger partial charge in [-0.1, -0.05) is 26.7 Å². The van der Waals surface area contributed by atoms with Crippen molar-refractivity contribution in [3.8, 4) is 0 Å². The highest BCUT2D eigenvalue weighted by atomic mass is 32.2. The molecule has 2 unspecified atom stereocenters. The van der Waals surface area contributed by atoms with Crippen molar-refractivity contribution in [1.29, 1.82) is 0 Å². The molecule has 0 fully saturated rings. The number of aliphatic hydroxyl groups excluding tert-OH is 1. The molecule has 0 amide bonds. The van der Waals surface area contributed by atoms with Crippen molar-refractivity contribution in [1.82, 2.24) is 0 Å². The lowest BCUT2D eigenvalue weighted by molar-refractivity contribution is 0.150. The molecular formula is C10H22O4S. The first-order chi connectivity index (χ1) is 6.91. The smallest absolute Gasteiger partial charge is 0.267 e. The zero-order valence-corrected chi connectivity index (χ0v) is 10.3. The van der Waals surface area contributed by atoms with Gasteiger partial charge in [-0.05, 0) is 25.7 Å². The predicted molar refractivity (Wildman–Crippen MR) is 60.4 cm³/mol. The summed E-state index contributed by atoms with van der Waals surface area (Å²) in [5.41, 5.74) is 0. The van der Waals surface area contributed by atoms with Crippen LogP contribution in [0.3, 0.4) is 0 Å². The van der Waals surface area contributed by atoms with Gasteiger partial charge in [0.05, 0.1) is 11.4 Å². The summed E-state index contributed by atoms with van der Waals surface area (Å²) in [6, 6.07) is 0. The largest absolute Gasteiger partial charge is 0.393 e. The Morgan fingerprint density at radius 3 is 1.93 bits per heavy atom. The molecule has 0 aliphatic carbocycles. The van der Waals surface area contributed by atoms with Crippen molar-refractivity contribution in [3.63, 3.8) is 0 Å². The minimum absolute atomic E-state index is 0.341. The van der Waals surface area contributed by atoms with Crippen LogP contribution in [0.4, 0.5) is 0 Å². The summed E-state index contributed by atoms with van der Waals surface area (Å²) < 4.78 is 30.9. The van der Waals surface area contributed by atoms with Crippen LogP contribution in [0.25, 0.3) is 0 Å². The van der Waals surface area contributed by atoms with Crippen molar-refractivity contribution in [2.75, 3.05) is 0 Å². The van der Waals surface area contributed by atoms with Gasteiger partial charge in [0.1, 0.15) is 0 Å².